The van der Waals surface area contributed by atoms with E-state index in [1.807, 2.05) is 29.6 Å². The number of hydrogen-bond donors (Lipinski definition) is 1. The zero-order valence-electron chi connectivity index (χ0n) is 7.31. The number of carbonyl (C=O) groups excluding carboxylic acids is 1. The molecule has 0 radical (unpaired) electrons. The standard InChI is InChI=1S/C11H8OS2/c12-7-8-3-4-10(13)9(6-8)11-2-1-5-14-11/h1-7,13H. The van der Waals surface area contributed by atoms with Gasteiger partial charge in [-0.15, -0.1) is 24.0 Å². The van der Waals surface area contributed by atoms with Crippen molar-refractivity contribution < 1.29 is 4.79 Å². The molecular weight excluding hydrogens is 212 g/mol. The monoisotopic (exact) mass is 220 g/mol. The van der Waals surface area contributed by atoms with Gasteiger partial charge in [0.1, 0.15) is 6.29 Å². The SMILES string of the molecule is O=Cc1ccc(S)c(-c2cccs2)c1. The van der Waals surface area contributed by atoms with E-state index in [1.54, 1.807) is 17.4 Å². The summed E-state index contributed by atoms with van der Waals surface area (Å²) in [4.78, 5) is 12.7. The van der Waals surface area contributed by atoms with Gasteiger partial charge in [0, 0.05) is 20.9 Å². The summed E-state index contributed by atoms with van der Waals surface area (Å²) in [5.74, 6) is 0. The highest BCUT2D eigenvalue weighted by Crippen LogP contribution is 2.30. The number of hydrogen-bond acceptors (Lipinski definition) is 3. The van der Waals surface area contributed by atoms with Crippen molar-refractivity contribution in [3.8, 4) is 10.4 Å². The van der Waals surface area contributed by atoms with Crippen LogP contribution in [0.4, 0.5) is 0 Å². The van der Waals surface area contributed by atoms with Crippen LogP contribution >= 0.6 is 24.0 Å². The molecule has 70 valence electrons. The van der Waals surface area contributed by atoms with Crippen molar-refractivity contribution in [1.29, 1.82) is 0 Å². The van der Waals surface area contributed by atoms with Crippen LogP contribution in [0.2, 0.25) is 0 Å². The minimum Gasteiger partial charge on any atom is -0.298 e. The fraction of sp³-hybridized carbons (Fsp3) is 0. The van der Waals surface area contributed by atoms with Crippen LogP contribution in [0.15, 0.2) is 40.6 Å². The van der Waals surface area contributed by atoms with Crippen molar-refractivity contribution in [2.45, 2.75) is 4.90 Å². The summed E-state index contributed by atoms with van der Waals surface area (Å²) < 4.78 is 0. The van der Waals surface area contributed by atoms with E-state index in [2.05, 4.69) is 12.6 Å². The van der Waals surface area contributed by atoms with E-state index in [-0.39, 0.29) is 0 Å². The predicted molar refractivity (Wildman–Crippen MR) is 62.4 cm³/mol. The van der Waals surface area contributed by atoms with Gasteiger partial charge in [-0.25, -0.2) is 0 Å². The highest BCUT2D eigenvalue weighted by atomic mass is 32.1. The van der Waals surface area contributed by atoms with Crippen LogP contribution in [-0.4, -0.2) is 6.29 Å². The van der Waals surface area contributed by atoms with Gasteiger partial charge in [0.15, 0.2) is 0 Å². The van der Waals surface area contributed by atoms with E-state index in [4.69, 9.17) is 0 Å². The normalized spacial score (nSPS) is 10.1. The smallest absolute Gasteiger partial charge is 0.150 e. The van der Waals surface area contributed by atoms with Crippen molar-refractivity contribution >= 4 is 30.3 Å². The Labute approximate surface area is 91.8 Å². The van der Waals surface area contributed by atoms with E-state index < -0.39 is 0 Å². The molecule has 1 aromatic carbocycles. The average Bonchev–Trinajstić information content (AvgIpc) is 2.71. The van der Waals surface area contributed by atoms with Crippen LogP contribution in [-0.2, 0) is 0 Å². The Balaban J connectivity index is 2.57. The Bertz CT molecular complexity index is 446. The maximum absolute atomic E-state index is 10.6. The van der Waals surface area contributed by atoms with Gasteiger partial charge in [-0.05, 0) is 23.6 Å². The second-order valence-electron chi connectivity index (χ2n) is 2.87. The van der Waals surface area contributed by atoms with Gasteiger partial charge < -0.3 is 0 Å². The summed E-state index contributed by atoms with van der Waals surface area (Å²) >= 11 is 6.01. The van der Waals surface area contributed by atoms with Gasteiger partial charge in [0.2, 0.25) is 0 Å². The van der Waals surface area contributed by atoms with Crippen LogP contribution in [0.1, 0.15) is 10.4 Å². The lowest BCUT2D eigenvalue weighted by Gasteiger charge is -2.02. The molecule has 0 N–H and O–H groups in total. The Hall–Kier alpha value is -1.06. The summed E-state index contributed by atoms with van der Waals surface area (Å²) in [7, 11) is 0. The van der Waals surface area contributed by atoms with E-state index in [1.165, 1.54) is 0 Å². The van der Waals surface area contributed by atoms with Gasteiger partial charge >= 0.3 is 0 Å². The lowest BCUT2D eigenvalue weighted by molar-refractivity contribution is 0.112. The van der Waals surface area contributed by atoms with Crippen LogP contribution in [0.25, 0.3) is 10.4 Å². The summed E-state index contributed by atoms with van der Waals surface area (Å²) in [6, 6.07) is 9.49. The minimum atomic E-state index is 0.686. The summed E-state index contributed by atoms with van der Waals surface area (Å²) in [5, 5.41) is 2.01. The maximum Gasteiger partial charge on any atom is 0.150 e. The number of benzene rings is 1. The Morgan fingerprint density at radius 3 is 2.79 bits per heavy atom. The van der Waals surface area contributed by atoms with Crippen LogP contribution in [0.5, 0.6) is 0 Å². The molecule has 0 aliphatic carbocycles. The first-order valence-corrected chi connectivity index (χ1v) is 5.46. The maximum atomic E-state index is 10.6. The van der Waals surface area contributed by atoms with Crippen LogP contribution in [0, 0.1) is 0 Å². The molecule has 3 heteroatoms. The Morgan fingerprint density at radius 2 is 2.14 bits per heavy atom. The summed E-state index contributed by atoms with van der Waals surface area (Å²) in [6.45, 7) is 0. The summed E-state index contributed by atoms with van der Waals surface area (Å²) in [5.41, 5.74) is 1.71. The number of thiol groups is 1. The van der Waals surface area contributed by atoms with Gasteiger partial charge in [-0.3, -0.25) is 4.79 Å². The van der Waals surface area contributed by atoms with Crippen LogP contribution < -0.4 is 0 Å². The zero-order chi connectivity index (χ0) is 9.97. The molecule has 2 rings (SSSR count). The van der Waals surface area contributed by atoms with Gasteiger partial charge in [0.05, 0.1) is 0 Å². The van der Waals surface area contributed by atoms with Crippen LogP contribution in [0.3, 0.4) is 0 Å². The largest absolute Gasteiger partial charge is 0.298 e. The Morgan fingerprint density at radius 1 is 1.29 bits per heavy atom. The molecule has 0 unspecified atom stereocenters. The molecule has 14 heavy (non-hydrogen) atoms. The van der Waals surface area contributed by atoms with Gasteiger partial charge in [-0.2, -0.15) is 0 Å². The van der Waals surface area contributed by atoms with Crippen molar-refractivity contribution in [1.82, 2.24) is 0 Å². The molecule has 0 saturated heterocycles. The van der Waals surface area contributed by atoms with Crippen molar-refractivity contribution in [2.75, 3.05) is 0 Å². The van der Waals surface area contributed by atoms with E-state index >= 15 is 0 Å². The Kier molecular flexibility index (Phi) is 2.70. The second kappa shape index (κ2) is 3.98. The average molecular weight is 220 g/mol. The minimum absolute atomic E-state index is 0.686. The molecule has 2 aromatic rings. The second-order valence-corrected chi connectivity index (χ2v) is 4.30. The molecule has 1 heterocycles. The third-order valence-corrected chi connectivity index (χ3v) is 3.24. The summed E-state index contributed by atoms with van der Waals surface area (Å²) in [6.07, 6.45) is 0.852. The molecule has 0 aliphatic heterocycles. The fourth-order valence-electron chi connectivity index (χ4n) is 1.26. The zero-order valence-corrected chi connectivity index (χ0v) is 9.02. The molecule has 0 atom stereocenters. The molecule has 0 spiro atoms. The molecule has 1 aromatic heterocycles. The number of rotatable bonds is 2. The van der Waals surface area contributed by atoms with Crippen molar-refractivity contribution in [3.63, 3.8) is 0 Å². The highest BCUT2D eigenvalue weighted by molar-refractivity contribution is 7.80. The number of aldehydes is 1. The van der Waals surface area contributed by atoms with E-state index in [9.17, 15) is 4.79 Å². The number of thiophene rings is 1. The van der Waals surface area contributed by atoms with Crippen molar-refractivity contribution in [2.24, 2.45) is 0 Å². The van der Waals surface area contributed by atoms with E-state index in [0.29, 0.717) is 5.56 Å². The molecular formula is C11H8OS2. The first kappa shape index (κ1) is 9.49. The molecule has 1 nitrogen and oxygen atoms in total. The molecule has 0 aliphatic rings. The molecule has 0 bridgehead atoms. The highest BCUT2D eigenvalue weighted by Gasteiger charge is 2.04. The lowest BCUT2D eigenvalue weighted by Crippen LogP contribution is -1.82. The topological polar surface area (TPSA) is 17.1 Å². The first-order chi connectivity index (χ1) is 6.81. The van der Waals surface area contributed by atoms with E-state index in [0.717, 1.165) is 21.6 Å². The van der Waals surface area contributed by atoms with Gasteiger partial charge in [0.25, 0.3) is 0 Å². The van der Waals surface area contributed by atoms with Crippen molar-refractivity contribution in [3.05, 3.63) is 41.3 Å². The quantitative estimate of drug-likeness (QED) is 0.605. The lowest BCUT2D eigenvalue weighted by atomic mass is 10.1. The third kappa shape index (κ3) is 1.74. The predicted octanol–water partition coefficient (Wildman–Crippen LogP) is 3.52. The first-order valence-electron chi connectivity index (χ1n) is 4.13. The number of carbonyl (C=O) groups is 1. The molecule has 0 saturated carbocycles. The molecule has 0 amide bonds. The van der Waals surface area contributed by atoms with Gasteiger partial charge in [-0.1, -0.05) is 12.1 Å². The fourth-order valence-corrected chi connectivity index (χ4v) is 2.35. The molecule has 0 fully saturated rings. The third-order valence-electron chi connectivity index (χ3n) is 1.94.